The van der Waals surface area contributed by atoms with Crippen molar-refractivity contribution in [3.8, 4) is 0 Å². The molecule has 0 aromatic heterocycles. The molecule has 1 aromatic carbocycles. The molecule has 4 heterocycles. The highest BCUT2D eigenvalue weighted by Crippen LogP contribution is 2.55. The fourth-order valence-corrected chi connectivity index (χ4v) is 7.04. The molecule has 8 nitrogen and oxygen atoms in total. The number of ether oxygens (including phenoxy) is 2. The normalized spacial score (nSPS) is 34.7. The molecule has 1 spiro atoms. The molecule has 2 N–H and O–H groups in total. The number of carbonyl (C=O) groups is 3. The largest absolute Gasteiger partial charge is 0.376 e. The van der Waals surface area contributed by atoms with Gasteiger partial charge in [0.05, 0.1) is 24.0 Å². The summed E-state index contributed by atoms with van der Waals surface area (Å²) in [5.74, 6) is -2.05. The number of aryl methyl sites for hydroxylation is 2. The van der Waals surface area contributed by atoms with Gasteiger partial charge in [-0.25, -0.2) is 0 Å². The smallest absolute Gasteiger partial charge is 0.246 e. The second kappa shape index (κ2) is 9.55. The quantitative estimate of drug-likeness (QED) is 0.577. The van der Waals surface area contributed by atoms with Crippen LogP contribution >= 0.6 is 0 Å². The van der Waals surface area contributed by atoms with Gasteiger partial charge in [-0.05, 0) is 62.8 Å². The van der Waals surface area contributed by atoms with Gasteiger partial charge >= 0.3 is 0 Å². The van der Waals surface area contributed by atoms with Crippen molar-refractivity contribution in [2.75, 3.05) is 18.5 Å². The van der Waals surface area contributed by atoms with Gasteiger partial charge < -0.3 is 25.0 Å². The van der Waals surface area contributed by atoms with Crippen LogP contribution < -0.4 is 10.6 Å². The molecule has 2 bridgehead atoms. The first-order valence-corrected chi connectivity index (χ1v) is 13.8. The molecule has 0 radical (unpaired) electrons. The fourth-order valence-electron chi connectivity index (χ4n) is 7.04. The SMILES string of the molecule is Cc1ccc(NC(=O)[C@H]2[C@H]3C=C[C@]4(O3)[C@H](C(=O)NC3CCCCC3)N(C[C@H]3CCCO3)C(=O)[C@@H]24)cc1C. The minimum Gasteiger partial charge on any atom is -0.376 e. The number of likely N-dealkylation sites (tertiary alicyclic amines) is 1. The zero-order chi connectivity index (χ0) is 25.7. The van der Waals surface area contributed by atoms with Crippen molar-refractivity contribution in [1.29, 1.82) is 0 Å². The number of nitrogens with one attached hydrogen (secondary N) is 2. The number of rotatable bonds is 6. The minimum absolute atomic E-state index is 0.104. The average molecular weight is 508 g/mol. The number of anilines is 1. The highest BCUT2D eigenvalue weighted by molar-refractivity contribution is 6.02. The van der Waals surface area contributed by atoms with E-state index in [2.05, 4.69) is 10.6 Å². The van der Waals surface area contributed by atoms with Gasteiger partial charge in [-0.3, -0.25) is 14.4 Å². The lowest BCUT2D eigenvalue weighted by molar-refractivity contribution is -0.143. The third-order valence-electron chi connectivity index (χ3n) is 9.08. The summed E-state index contributed by atoms with van der Waals surface area (Å²) in [6.07, 6.45) is 10.2. The molecule has 6 rings (SSSR count). The van der Waals surface area contributed by atoms with Crippen LogP contribution in [0.5, 0.6) is 0 Å². The summed E-state index contributed by atoms with van der Waals surface area (Å²) in [4.78, 5) is 43.1. The van der Waals surface area contributed by atoms with Crippen LogP contribution in [0.15, 0.2) is 30.4 Å². The number of fused-ring (bicyclic) bond motifs is 1. The second-order valence-electron chi connectivity index (χ2n) is 11.5. The minimum atomic E-state index is -1.13. The van der Waals surface area contributed by atoms with E-state index in [9.17, 15) is 14.4 Å². The van der Waals surface area contributed by atoms with Crippen LogP contribution in [0, 0.1) is 25.7 Å². The first-order valence-electron chi connectivity index (χ1n) is 13.8. The Labute approximate surface area is 218 Å². The van der Waals surface area contributed by atoms with Crippen molar-refractivity contribution in [2.45, 2.75) is 88.7 Å². The maximum absolute atomic E-state index is 14.0. The van der Waals surface area contributed by atoms with Gasteiger partial charge in [-0.2, -0.15) is 0 Å². The van der Waals surface area contributed by atoms with Crippen molar-refractivity contribution in [1.82, 2.24) is 10.2 Å². The lowest BCUT2D eigenvalue weighted by Crippen LogP contribution is -2.57. The van der Waals surface area contributed by atoms with E-state index in [4.69, 9.17) is 9.47 Å². The van der Waals surface area contributed by atoms with E-state index in [1.54, 1.807) is 4.90 Å². The molecule has 4 fully saturated rings. The summed E-state index contributed by atoms with van der Waals surface area (Å²) in [7, 11) is 0. The molecular weight excluding hydrogens is 470 g/mol. The summed E-state index contributed by atoms with van der Waals surface area (Å²) in [5, 5.41) is 6.25. The van der Waals surface area contributed by atoms with Crippen LogP contribution in [0.25, 0.3) is 0 Å². The van der Waals surface area contributed by atoms with Crippen LogP contribution in [0.4, 0.5) is 5.69 Å². The van der Waals surface area contributed by atoms with Gasteiger partial charge in [-0.15, -0.1) is 0 Å². The van der Waals surface area contributed by atoms with Gasteiger partial charge in [0.15, 0.2) is 0 Å². The summed E-state index contributed by atoms with van der Waals surface area (Å²) in [6.45, 7) is 5.03. The van der Waals surface area contributed by atoms with Gasteiger partial charge in [0, 0.05) is 24.9 Å². The topological polar surface area (TPSA) is 97.0 Å². The van der Waals surface area contributed by atoms with Crippen molar-refractivity contribution in [3.63, 3.8) is 0 Å². The zero-order valence-electron chi connectivity index (χ0n) is 21.7. The summed E-state index contributed by atoms with van der Waals surface area (Å²) >= 11 is 0. The number of hydrogen-bond acceptors (Lipinski definition) is 5. The maximum Gasteiger partial charge on any atom is 0.246 e. The van der Waals surface area contributed by atoms with Crippen molar-refractivity contribution < 1.29 is 23.9 Å². The first kappa shape index (κ1) is 24.6. The Kier molecular flexibility index (Phi) is 6.35. The summed E-state index contributed by atoms with van der Waals surface area (Å²) in [5.41, 5.74) is 1.79. The van der Waals surface area contributed by atoms with Crippen LogP contribution in [-0.2, 0) is 23.9 Å². The highest BCUT2D eigenvalue weighted by atomic mass is 16.5. The van der Waals surface area contributed by atoms with Crippen molar-refractivity contribution >= 4 is 23.4 Å². The molecular formula is C29H37N3O5. The molecule has 1 saturated carbocycles. The van der Waals surface area contributed by atoms with E-state index in [0.29, 0.717) is 18.8 Å². The molecule has 8 heteroatoms. The molecule has 5 aliphatic rings. The number of nitrogens with zero attached hydrogens (tertiary/aromatic N) is 1. The predicted molar refractivity (Wildman–Crippen MR) is 138 cm³/mol. The number of amides is 3. The molecule has 0 unspecified atom stereocenters. The van der Waals surface area contributed by atoms with Gasteiger partial charge in [0.2, 0.25) is 17.7 Å². The molecule has 198 valence electrons. The second-order valence-corrected chi connectivity index (χ2v) is 11.5. The number of carbonyl (C=O) groups excluding carboxylic acids is 3. The third kappa shape index (κ3) is 4.18. The molecule has 1 aliphatic carbocycles. The van der Waals surface area contributed by atoms with Gasteiger partial charge in [-0.1, -0.05) is 37.5 Å². The fraction of sp³-hybridized carbons (Fsp3) is 0.621. The van der Waals surface area contributed by atoms with E-state index in [1.807, 2.05) is 44.2 Å². The molecule has 37 heavy (non-hydrogen) atoms. The van der Waals surface area contributed by atoms with E-state index in [-0.39, 0.29) is 29.9 Å². The Bertz CT molecular complexity index is 1120. The van der Waals surface area contributed by atoms with Crippen LogP contribution in [-0.4, -0.2) is 65.7 Å². The number of benzene rings is 1. The molecule has 1 aromatic rings. The molecule has 4 aliphatic heterocycles. The Morgan fingerprint density at radius 3 is 2.59 bits per heavy atom. The zero-order valence-corrected chi connectivity index (χ0v) is 21.7. The summed E-state index contributed by atoms with van der Waals surface area (Å²) in [6, 6.07) is 5.09. The average Bonchev–Trinajstić information content (AvgIpc) is 3.65. The Hall–Kier alpha value is -2.71. The Balaban J connectivity index is 1.29. The van der Waals surface area contributed by atoms with E-state index >= 15 is 0 Å². The van der Waals surface area contributed by atoms with Crippen molar-refractivity contribution in [2.24, 2.45) is 11.8 Å². The van der Waals surface area contributed by atoms with Gasteiger partial charge in [0.25, 0.3) is 0 Å². The van der Waals surface area contributed by atoms with Crippen LogP contribution in [0.2, 0.25) is 0 Å². The molecule has 3 saturated heterocycles. The molecule has 3 amide bonds. The highest BCUT2D eigenvalue weighted by Gasteiger charge is 2.73. The van der Waals surface area contributed by atoms with Gasteiger partial charge in [0.1, 0.15) is 11.6 Å². The Morgan fingerprint density at radius 1 is 1.05 bits per heavy atom. The van der Waals surface area contributed by atoms with E-state index in [1.165, 1.54) is 6.42 Å². The number of hydrogen-bond donors (Lipinski definition) is 2. The monoisotopic (exact) mass is 507 g/mol. The van der Waals surface area contributed by atoms with Crippen molar-refractivity contribution in [3.05, 3.63) is 41.5 Å². The summed E-state index contributed by atoms with van der Waals surface area (Å²) < 4.78 is 12.3. The first-order chi connectivity index (χ1) is 17.9. The maximum atomic E-state index is 14.0. The van der Waals surface area contributed by atoms with Crippen LogP contribution in [0.3, 0.4) is 0 Å². The standard InChI is InChI=1S/C29H37N3O5/c1-17-10-11-20(15-18(17)2)31-26(33)23-22-12-13-29(37-22)24(23)28(35)32(16-21-9-6-14-36-21)25(29)27(34)30-19-7-4-3-5-8-19/h10-13,15,19,21-25H,3-9,14,16H2,1-2H3,(H,30,34)(H,31,33)/t21-,22-,23+,24-,25+,29-/m1/s1. The lowest BCUT2D eigenvalue weighted by Gasteiger charge is -2.34. The third-order valence-corrected chi connectivity index (χ3v) is 9.08. The predicted octanol–water partition coefficient (Wildman–Crippen LogP) is 3.02. The van der Waals surface area contributed by atoms with Crippen LogP contribution in [0.1, 0.15) is 56.1 Å². The van der Waals surface area contributed by atoms with E-state index in [0.717, 1.165) is 49.7 Å². The molecule has 6 atom stereocenters. The van der Waals surface area contributed by atoms with E-state index < -0.39 is 29.6 Å². The lowest BCUT2D eigenvalue weighted by atomic mass is 9.74. The Morgan fingerprint density at radius 2 is 1.86 bits per heavy atom.